The van der Waals surface area contributed by atoms with Crippen LogP contribution in [0.3, 0.4) is 0 Å². The second kappa shape index (κ2) is 10.6. The third-order valence-electron chi connectivity index (χ3n) is 5.84. The summed E-state index contributed by atoms with van der Waals surface area (Å²) in [5.74, 6) is -0.338. The van der Waals surface area contributed by atoms with E-state index in [0.717, 1.165) is 16.7 Å². The molecule has 0 spiro atoms. The molecule has 0 saturated carbocycles. The number of rotatable bonds is 8. The first kappa shape index (κ1) is 24.2. The van der Waals surface area contributed by atoms with E-state index in [1.54, 1.807) is 54.6 Å². The number of anilines is 1. The Balaban J connectivity index is 1.73. The molecule has 0 aromatic heterocycles. The molecule has 6 heteroatoms. The summed E-state index contributed by atoms with van der Waals surface area (Å²) in [5, 5.41) is 3.02. The van der Waals surface area contributed by atoms with E-state index in [1.165, 1.54) is 4.31 Å². The van der Waals surface area contributed by atoms with Crippen LogP contribution in [0.15, 0.2) is 114 Å². The minimum atomic E-state index is -3.94. The first-order valence-corrected chi connectivity index (χ1v) is 12.9. The number of aryl methyl sites for hydroxylation is 1. The van der Waals surface area contributed by atoms with Crippen molar-refractivity contribution in [1.29, 1.82) is 0 Å². The van der Waals surface area contributed by atoms with E-state index < -0.39 is 10.0 Å². The second-order valence-electron chi connectivity index (χ2n) is 8.43. The molecule has 35 heavy (non-hydrogen) atoms. The Morgan fingerprint density at radius 1 is 0.800 bits per heavy atom. The molecule has 4 aromatic carbocycles. The zero-order valence-electron chi connectivity index (χ0n) is 19.8. The lowest BCUT2D eigenvalue weighted by molar-refractivity contribution is 0.0940. The van der Waals surface area contributed by atoms with E-state index in [9.17, 15) is 13.2 Å². The average Bonchev–Trinajstić information content (AvgIpc) is 2.88. The first-order valence-electron chi connectivity index (χ1n) is 11.4. The van der Waals surface area contributed by atoms with Crippen LogP contribution in [-0.2, 0) is 16.6 Å². The highest BCUT2D eigenvalue weighted by Crippen LogP contribution is 2.29. The molecule has 0 bridgehead atoms. The molecular weight excluding hydrogens is 456 g/mol. The van der Waals surface area contributed by atoms with Gasteiger partial charge in [-0.25, -0.2) is 8.42 Å². The van der Waals surface area contributed by atoms with Crippen LogP contribution >= 0.6 is 0 Å². The van der Waals surface area contributed by atoms with Gasteiger partial charge < -0.3 is 5.32 Å². The van der Waals surface area contributed by atoms with Crippen LogP contribution in [-0.4, -0.2) is 14.3 Å². The molecule has 0 aliphatic heterocycles. The number of nitrogens with one attached hydrogen (secondary N) is 1. The molecule has 0 aliphatic carbocycles. The van der Waals surface area contributed by atoms with Crippen LogP contribution in [0.25, 0.3) is 0 Å². The summed E-state index contributed by atoms with van der Waals surface area (Å²) in [7, 11) is -3.94. The Labute approximate surface area is 207 Å². The molecule has 0 heterocycles. The van der Waals surface area contributed by atoms with Crippen molar-refractivity contribution in [2.75, 3.05) is 4.31 Å². The van der Waals surface area contributed by atoms with E-state index in [2.05, 4.69) is 5.32 Å². The van der Waals surface area contributed by atoms with Gasteiger partial charge >= 0.3 is 0 Å². The summed E-state index contributed by atoms with van der Waals surface area (Å²) in [6.45, 7) is 4.02. The fourth-order valence-corrected chi connectivity index (χ4v) is 5.36. The number of amides is 1. The van der Waals surface area contributed by atoms with Crippen LogP contribution in [0, 0.1) is 6.92 Å². The van der Waals surface area contributed by atoms with Gasteiger partial charge in [0.1, 0.15) is 0 Å². The maximum atomic E-state index is 13.8. The minimum absolute atomic E-state index is 0.0931. The maximum absolute atomic E-state index is 13.8. The highest BCUT2D eigenvalue weighted by molar-refractivity contribution is 7.92. The zero-order chi connectivity index (χ0) is 24.8. The molecule has 0 fully saturated rings. The summed E-state index contributed by atoms with van der Waals surface area (Å²) in [4.78, 5) is 13.6. The van der Waals surface area contributed by atoms with E-state index >= 15 is 0 Å². The predicted molar refractivity (Wildman–Crippen MR) is 140 cm³/mol. The van der Waals surface area contributed by atoms with E-state index in [-0.39, 0.29) is 23.4 Å². The lowest BCUT2D eigenvalue weighted by atomic mass is 10.1. The molecule has 1 unspecified atom stereocenters. The first-order chi connectivity index (χ1) is 16.9. The molecule has 0 aliphatic rings. The molecule has 1 N–H and O–H groups in total. The highest BCUT2D eigenvalue weighted by Gasteiger charge is 2.28. The van der Waals surface area contributed by atoms with Gasteiger partial charge in [-0.05, 0) is 49.2 Å². The van der Waals surface area contributed by atoms with Crippen molar-refractivity contribution in [2.45, 2.75) is 31.3 Å². The van der Waals surface area contributed by atoms with Gasteiger partial charge in [0.2, 0.25) is 0 Å². The molecule has 5 nitrogen and oxygen atoms in total. The van der Waals surface area contributed by atoms with Crippen molar-refractivity contribution in [1.82, 2.24) is 5.32 Å². The SMILES string of the molecule is Cc1ccc(C(C)NC(=O)c2ccccc2N(Cc2ccccc2)S(=O)(=O)c2ccccc2)cc1. The number of benzene rings is 4. The molecule has 4 rings (SSSR count). The Hall–Kier alpha value is -3.90. The summed E-state index contributed by atoms with van der Waals surface area (Å²) in [6, 6.07) is 32.2. The molecule has 0 saturated heterocycles. The molecule has 0 radical (unpaired) electrons. The zero-order valence-corrected chi connectivity index (χ0v) is 20.6. The van der Waals surface area contributed by atoms with Crippen molar-refractivity contribution in [2.24, 2.45) is 0 Å². The fraction of sp³-hybridized carbons (Fsp3) is 0.138. The monoisotopic (exact) mass is 484 g/mol. The Bertz CT molecular complexity index is 1390. The number of para-hydroxylation sites is 1. The van der Waals surface area contributed by atoms with Crippen molar-refractivity contribution < 1.29 is 13.2 Å². The number of hydrogen-bond acceptors (Lipinski definition) is 3. The van der Waals surface area contributed by atoms with Crippen LogP contribution in [0.2, 0.25) is 0 Å². The number of hydrogen-bond donors (Lipinski definition) is 1. The van der Waals surface area contributed by atoms with Gasteiger partial charge in [-0.1, -0.05) is 90.5 Å². The number of carbonyl (C=O) groups is 1. The summed E-state index contributed by atoms with van der Waals surface area (Å²) in [5.41, 5.74) is 3.55. The molecule has 1 amide bonds. The van der Waals surface area contributed by atoms with Gasteiger partial charge in [0, 0.05) is 0 Å². The summed E-state index contributed by atoms with van der Waals surface area (Å²) >= 11 is 0. The van der Waals surface area contributed by atoms with Crippen molar-refractivity contribution in [3.05, 3.63) is 131 Å². The van der Waals surface area contributed by atoms with Gasteiger partial charge in [0.25, 0.3) is 15.9 Å². The minimum Gasteiger partial charge on any atom is -0.345 e. The third-order valence-corrected chi connectivity index (χ3v) is 7.62. The van der Waals surface area contributed by atoms with Gasteiger partial charge in [-0.3, -0.25) is 9.10 Å². The number of carbonyl (C=O) groups excluding carboxylic acids is 1. The number of nitrogens with zero attached hydrogens (tertiary/aromatic N) is 1. The summed E-state index contributed by atoms with van der Waals surface area (Å²) in [6.07, 6.45) is 0. The van der Waals surface area contributed by atoms with Crippen LogP contribution < -0.4 is 9.62 Å². The molecular formula is C29H28N2O3S. The van der Waals surface area contributed by atoms with Gasteiger partial charge in [-0.2, -0.15) is 0 Å². The standard InChI is InChI=1S/C29H28N2O3S/c1-22-17-19-25(20-18-22)23(2)30-29(32)27-15-9-10-16-28(27)31(21-24-11-5-3-6-12-24)35(33,34)26-13-7-4-8-14-26/h3-20,23H,21H2,1-2H3,(H,30,32). The quantitative estimate of drug-likeness (QED) is 0.340. The Morgan fingerprint density at radius 3 is 2.03 bits per heavy atom. The van der Waals surface area contributed by atoms with Crippen LogP contribution in [0.4, 0.5) is 5.69 Å². The largest absolute Gasteiger partial charge is 0.345 e. The van der Waals surface area contributed by atoms with Gasteiger partial charge in [0.05, 0.1) is 28.7 Å². The van der Waals surface area contributed by atoms with Gasteiger partial charge in [0.15, 0.2) is 0 Å². The van der Waals surface area contributed by atoms with Gasteiger partial charge in [-0.15, -0.1) is 0 Å². The smallest absolute Gasteiger partial charge is 0.264 e. The van der Waals surface area contributed by atoms with Crippen molar-refractivity contribution in [3.8, 4) is 0 Å². The fourth-order valence-electron chi connectivity index (χ4n) is 3.86. The lowest BCUT2D eigenvalue weighted by Gasteiger charge is -2.27. The topological polar surface area (TPSA) is 66.5 Å². The highest BCUT2D eigenvalue weighted by atomic mass is 32.2. The predicted octanol–water partition coefficient (Wildman–Crippen LogP) is 5.88. The van der Waals surface area contributed by atoms with E-state index in [4.69, 9.17) is 0 Å². The molecule has 4 aromatic rings. The van der Waals surface area contributed by atoms with E-state index in [1.807, 2.05) is 68.4 Å². The normalized spacial score (nSPS) is 12.1. The molecule has 1 atom stereocenters. The third kappa shape index (κ3) is 5.61. The van der Waals surface area contributed by atoms with Crippen LogP contribution in [0.5, 0.6) is 0 Å². The maximum Gasteiger partial charge on any atom is 0.264 e. The number of sulfonamides is 1. The Morgan fingerprint density at radius 2 is 1.37 bits per heavy atom. The van der Waals surface area contributed by atoms with Crippen LogP contribution in [0.1, 0.15) is 40.0 Å². The summed E-state index contributed by atoms with van der Waals surface area (Å²) < 4.78 is 28.9. The second-order valence-corrected chi connectivity index (χ2v) is 10.3. The van der Waals surface area contributed by atoms with E-state index in [0.29, 0.717) is 11.3 Å². The van der Waals surface area contributed by atoms with Crippen molar-refractivity contribution in [3.63, 3.8) is 0 Å². The molecule has 178 valence electrons. The Kier molecular flexibility index (Phi) is 7.32. The average molecular weight is 485 g/mol. The van der Waals surface area contributed by atoms with Crippen molar-refractivity contribution >= 4 is 21.6 Å². The lowest BCUT2D eigenvalue weighted by Crippen LogP contribution is -2.34.